The fraction of sp³-hybridized carbons (Fsp3) is 0.263. The highest BCUT2D eigenvalue weighted by Gasteiger charge is 2.49. The maximum atomic E-state index is 13.8. The van der Waals surface area contributed by atoms with Crippen molar-refractivity contribution in [2.45, 2.75) is 31.8 Å². The number of anilines is 2. The third-order valence-electron chi connectivity index (χ3n) is 4.12. The highest BCUT2D eigenvalue weighted by atomic mass is 127. The van der Waals surface area contributed by atoms with Gasteiger partial charge in [0.2, 0.25) is 0 Å². The lowest BCUT2D eigenvalue weighted by molar-refractivity contribution is -0.156. The highest BCUT2D eigenvalue weighted by Crippen LogP contribution is 2.31. The van der Waals surface area contributed by atoms with Crippen LogP contribution in [0.25, 0.3) is 0 Å². The van der Waals surface area contributed by atoms with Gasteiger partial charge in [0.1, 0.15) is 23.3 Å². The average molecular weight is 664 g/mol. The van der Waals surface area contributed by atoms with Crippen molar-refractivity contribution in [2.75, 3.05) is 10.6 Å². The Morgan fingerprint density at radius 2 is 1.06 bits per heavy atom. The van der Waals surface area contributed by atoms with Crippen molar-refractivity contribution in [1.29, 1.82) is 0 Å². The van der Waals surface area contributed by atoms with Crippen LogP contribution >= 0.6 is 45.2 Å². The zero-order chi connectivity index (χ0) is 23.1. The summed E-state index contributed by atoms with van der Waals surface area (Å²) in [6, 6.07) is 3.65. The van der Waals surface area contributed by atoms with Crippen molar-refractivity contribution >= 4 is 68.4 Å². The highest BCUT2D eigenvalue weighted by molar-refractivity contribution is 14.1. The van der Waals surface area contributed by atoms with Gasteiger partial charge in [-0.3, -0.25) is 9.59 Å². The molecule has 2 aromatic carbocycles. The van der Waals surface area contributed by atoms with Crippen LogP contribution in [0, 0.1) is 30.4 Å². The first-order valence-corrected chi connectivity index (χ1v) is 10.8. The van der Waals surface area contributed by atoms with Gasteiger partial charge in [-0.05, 0) is 83.3 Å². The molecule has 1 aliphatic heterocycles. The van der Waals surface area contributed by atoms with Crippen molar-refractivity contribution in [3.8, 4) is 0 Å². The van der Waals surface area contributed by atoms with Gasteiger partial charge in [0.25, 0.3) is 11.8 Å². The monoisotopic (exact) mass is 664 g/mol. The molecular weight excluding hydrogens is 650 g/mol. The van der Waals surface area contributed by atoms with Crippen molar-refractivity contribution < 1.29 is 36.6 Å². The molecule has 1 fully saturated rings. The van der Waals surface area contributed by atoms with Crippen LogP contribution in [-0.4, -0.2) is 29.8 Å². The molecule has 0 aromatic heterocycles. The van der Waals surface area contributed by atoms with E-state index < -0.39 is 53.1 Å². The number of hydrogen-bond donors (Lipinski definition) is 2. The summed E-state index contributed by atoms with van der Waals surface area (Å²) >= 11 is 2.95. The minimum Gasteiger partial charge on any atom is -0.334 e. The number of benzene rings is 2. The van der Waals surface area contributed by atoms with Crippen molar-refractivity contribution in [2.24, 2.45) is 0 Å². The number of rotatable bonds is 4. The molecule has 2 amide bonds. The third-order valence-corrected chi connectivity index (χ3v) is 6.18. The summed E-state index contributed by atoms with van der Waals surface area (Å²) < 4.78 is 65.5. The van der Waals surface area contributed by atoms with E-state index in [0.717, 1.165) is 24.3 Å². The molecule has 0 spiro atoms. The molecule has 0 radical (unpaired) electrons. The minimum atomic E-state index is -1.50. The molecule has 31 heavy (non-hydrogen) atoms. The second-order valence-corrected chi connectivity index (χ2v) is 9.12. The molecule has 1 heterocycles. The van der Waals surface area contributed by atoms with Crippen LogP contribution in [0.15, 0.2) is 24.3 Å². The number of hydrogen-bond acceptors (Lipinski definition) is 4. The van der Waals surface area contributed by atoms with Crippen LogP contribution in [-0.2, 0) is 19.1 Å². The quantitative estimate of drug-likeness (QED) is 0.286. The van der Waals surface area contributed by atoms with E-state index in [-0.39, 0.29) is 18.5 Å². The van der Waals surface area contributed by atoms with Gasteiger partial charge in [-0.15, -0.1) is 0 Å². The second-order valence-electron chi connectivity index (χ2n) is 6.96. The first kappa shape index (κ1) is 24.1. The lowest BCUT2D eigenvalue weighted by Crippen LogP contribution is -2.43. The number of halogens is 6. The Bertz CT molecular complexity index is 940. The van der Waals surface area contributed by atoms with Crippen LogP contribution in [0.5, 0.6) is 0 Å². The topological polar surface area (TPSA) is 76.7 Å². The Morgan fingerprint density at radius 1 is 0.774 bits per heavy atom. The number of nitrogens with one attached hydrogen (secondary N) is 2. The Morgan fingerprint density at radius 3 is 1.35 bits per heavy atom. The van der Waals surface area contributed by atoms with Gasteiger partial charge >= 0.3 is 0 Å². The number of carbonyl (C=O) groups is 2. The average Bonchev–Trinajstić information content (AvgIpc) is 3.00. The number of ether oxygens (including phenoxy) is 2. The van der Waals surface area contributed by atoms with E-state index in [2.05, 4.69) is 10.6 Å². The summed E-state index contributed by atoms with van der Waals surface area (Å²) in [6.45, 7) is 2.91. The van der Waals surface area contributed by atoms with E-state index in [4.69, 9.17) is 9.47 Å². The zero-order valence-electron chi connectivity index (χ0n) is 15.9. The number of amides is 2. The summed E-state index contributed by atoms with van der Waals surface area (Å²) in [5.74, 6) is -6.66. The summed E-state index contributed by atoms with van der Waals surface area (Å²) in [5.41, 5.74) is -0.371. The van der Waals surface area contributed by atoms with E-state index >= 15 is 0 Å². The van der Waals surface area contributed by atoms with Gasteiger partial charge < -0.3 is 20.1 Å². The second kappa shape index (κ2) is 9.15. The van der Waals surface area contributed by atoms with Gasteiger partial charge in [0.15, 0.2) is 18.0 Å². The maximum absolute atomic E-state index is 13.8. The van der Waals surface area contributed by atoms with E-state index in [1.54, 1.807) is 0 Å². The van der Waals surface area contributed by atoms with Crippen LogP contribution < -0.4 is 10.6 Å². The number of carbonyl (C=O) groups excluding carboxylic acids is 2. The summed E-state index contributed by atoms with van der Waals surface area (Å²) in [6.07, 6.45) is -3.00. The van der Waals surface area contributed by atoms with Crippen molar-refractivity contribution in [1.82, 2.24) is 0 Å². The summed E-state index contributed by atoms with van der Waals surface area (Å²) in [4.78, 5) is 25.3. The minimum absolute atomic E-state index is 0.186. The Kier molecular flexibility index (Phi) is 7.12. The lowest BCUT2D eigenvalue weighted by Gasteiger charge is -2.17. The normalized spacial score (nSPS) is 19.9. The Balaban J connectivity index is 1.80. The molecule has 2 atom stereocenters. The third kappa shape index (κ3) is 5.46. The van der Waals surface area contributed by atoms with Crippen LogP contribution in [0.3, 0.4) is 0 Å². The molecule has 0 bridgehead atoms. The van der Waals surface area contributed by atoms with Gasteiger partial charge in [0.05, 0.1) is 7.14 Å². The predicted molar refractivity (Wildman–Crippen MR) is 119 cm³/mol. The van der Waals surface area contributed by atoms with Gasteiger partial charge in [-0.25, -0.2) is 17.6 Å². The van der Waals surface area contributed by atoms with Crippen molar-refractivity contribution in [3.05, 3.63) is 54.7 Å². The molecule has 166 valence electrons. The van der Waals surface area contributed by atoms with Gasteiger partial charge in [-0.2, -0.15) is 0 Å². The smallest absolute Gasteiger partial charge is 0.256 e. The molecule has 1 saturated heterocycles. The summed E-state index contributed by atoms with van der Waals surface area (Å²) in [7, 11) is 0. The summed E-state index contributed by atoms with van der Waals surface area (Å²) in [5, 5.41) is 4.55. The Labute approximate surface area is 201 Å². The molecule has 0 aliphatic carbocycles. The van der Waals surface area contributed by atoms with E-state index in [0.29, 0.717) is 0 Å². The molecule has 0 saturated carbocycles. The SMILES string of the molecule is CC1(C)O[C@@H](C(=O)Nc2cc(F)c(I)c(F)c2)[C@H](C(=O)Nc2cc(F)c(I)c(F)c2)O1. The standard InChI is InChI=1S/C19H14F4I2N2O4/c1-19(2)30-15(17(28)26-7-3-9(20)13(24)10(21)4-7)16(31-19)18(29)27-8-5-11(22)14(25)12(23)6-8/h3-6,15-16H,1-2H3,(H,26,28)(H,27,29)/t15-,16-/m1/s1. The fourth-order valence-electron chi connectivity index (χ4n) is 2.83. The molecule has 2 aromatic rings. The van der Waals surface area contributed by atoms with E-state index in [1.807, 2.05) is 0 Å². The van der Waals surface area contributed by atoms with E-state index in [1.165, 1.54) is 59.0 Å². The molecule has 2 N–H and O–H groups in total. The zero-order valence-corrected chi connectivity index (χ0v) is 20.2. The van der Waals surface area contributed by atoms with Crippen molar-refractivity contribution in [3.63, 3.8) is 0 Å². The fourth-order valence-corrected chi connectivity index (χ4v) is 3.45. The van der Waals surface area contributed by atoms with Crippen LogP contribution in [0.2, 0.25) is 0 Å². The molecular formula is C19H14F4I2N2O4. The van der Waals surface area contributed by atoms with Gasteiger partial charge in [0, 0.05) is 11.4 Å². The molecule has 6 nitrogen and oxygen atoms in total. The van der Waals surface area contributed by atoms with Crippen LogP contribution in [0.4, 0.5) is 28.9 Å². The first-order valence-electron chi connectivity index (χ1n) is 8.64. The molecule has 12 heteroatoms. The van der Waals surface area contributed by atoms with Crippen LogP contribution in [0.1, 0.15) is 13.8 Å². The van der Waals surface area contributed by atoms with Gasteiger partial charge in [-0.1, -0.05) is 0 Å². The lowest BCUT2D eigenvalue weighted by atomic mass is 10.1. The Hall–Kier alpha value is -1.52. The largest absolute Gasteiger partial charge is 0.334 e. The predicted octanol–water partition coefficient (Wildman–Crippen LogP) is 4.55. The molecule has 1 aliphatic rings. The first-order chi connectivity index (χ1) is 14.4. The molecule has 3 rings (SSSR count). The molecule has 0 unspecified atom stereocenters. The maximum Gasteiger partial charge on any atom is 0.256 e. The van der Waals surface area contributed by atoms with E-state index in [9.17, 15) is 27.2 Å².